The van der Waals surface area contributed by atoms with Crippen molar-refractivity contribution in [3.8, 4) is 34.0 Å². The molecule has 1 N–H and O–H groups in total. The van der Waals surface area contributed by atoms with Gasteiger partial charge in [-0.3, -0.25) is 0 Å². The monoisotopic (exact) mass is 278 g/mol. The van der Waals surface area contributed by atoms with Crippen LogP contribution in [-0.2, 0) is 0 Å². The Bertz CT molecular complexity index is 794. The van der Waals surface area contributed by atoms with E-state index in [1.165, 1.54) is 0 Å². The first-order valence-corrected chi connectivity index (χ1v) is 6.82. The lowest BCUT2D eigenvalue weighted by molar-refractivity contribution is 0.174. The van der Waals surface area contributed by atoms with E-state index < -0.39 is 0 Å². The number of aromatic amines is 1. The second-order valence-corrected chi connectivity index (χ2v) is 5.01. The fraction of sp³-hybridized carbons (Fsp3) is 0.118. The highest BCUT2D eigenvalue weighted by molar-refractivity contribution is 5.81. The number of aryl methyl sites for hydroxylation is 1. The quantitative estimate of drug-likeness (QED) is 0.776. The molecule has 0 amide bonds. The first kappa shape index (κ1) is 12.0. The third kappa shape index (κ3) is 1.96. The zero-order valence-corrected chi connectivity index (χ0v) is 11.6. The lowest BCUT2D eigenvalue weighted by Crippen LogP contribution is -1.92. The Morgan fingerprint density at radius 2 is 1.81 bits per heavy atom. The standard InChI is InChI=1S/C17H14N2O2/c1-11-7-14-15(21-10-20-14)8-13(11)17-16(18-9-19-17)12-5-3-2-4-6-12/h2-9H,10H2,1H3,(H,18,19). The Kier molecular flexibility index (Phi) is 2.67. The van der Waals surface area contributed by atoms with Gasteiger partial charge in [-0.25, -0.2) is 4.98 Å². The predicted molar refractivity (Wildman–Crippen MR) is 80.3 cm³/mol. The summed E-state index contributed by atoms with van der Waals surface area (Å²) in [6.45, 7) is 2.35. The highest BCUT2D eigenvalue weighted by Crippen LogP contribution is 2.40. The van der Waals surface area contributed by atoms with E-state index in [1.807, 2.05) is 30.3 Å². The molecule has 0 spiro atoms. The van der Waals surface area contributed by atoms with Crippen molar-refractivity contribution in [2.24, 2.45) is 0 Å². The summed E-state index contributed by atoms with van der Waals surface area (Å²) in [4.78, 5) is 7.71. The van der Waals surface area contributed by atoms with E-state index in [0.717, 1.165) is 39.6 Å². The van der Waals surface area contributed by atoms with Crippen LogP contribution in [0.4, 0.5) is 0 Å². The number of fused-ring (bicyclic) bond motifs is 1. The van der Waals surface area contributed by atoms with Gasteiger partial charge >= 0.3 is 0 Å². The summed E-state index contributed by atoms with van der Waals surface area (Å²) in [5, 5.41) is 0. The second-order valence-electron chi connectivity index (χ2n) is 5.01. The van der Waals surface area contributed by atoms with Gasteiger partial charge in [-0.1, -0.05) is 30.3 Å². The maximum absolute atomic E-state index is 5.48. The molecule has 0 radical (unpaired) electrons. The molecule has 4 nitrogen and oxygen atoms in total. The van der Waals surface area contributed by atoms with Crippen molar-refractivity contribution < 1.29 is 9.47 Å². The van der Waals surface area contributed by atoms with Gasteiger partial charge < -0.3 is 14.5 Å². The largest absolute Gasteiger partial charge is 0.454 e. The first-order chi connectivity index (χ1) is 10.3. The fourth-order valence-electron chi connectivity index (χ4n) is 2.63. The molecule has 3 aromatic rings. The number of nitrogens with zero attached hydrogens (tertiary/aromatic N) is 1. The van der Waals surface area contributed by atoms with Crippen LogP contribution >= 0.6 is 0 Å². The van der Waals surface area contributed by atoms with E-state index in [4.69, 9.17) is 9.47 Å². The van der Waals surface area contributed by atoms with E-state index in [0.29, 0.717) is 0 Å². The fourth-order valence-corrected chi connectivity index (χ4v) is 2.63. The molecule has 0 aliphatic carbocycles. The van der Waals surface area contributed by atoms with Crippen molar-refractivity contribution in [2.75, 3.05) is 6.79 Å². The van der Waals surface area contributed by atoms with Gasteiger partial charge in [0.15, 0.2) is 11.5 Å². The molecule has 0 bridgehead atoms. The molecule has 2 aromatic carbocycles. The molecule has 0 saturated carbocycles. The van der Waals surface area contributed by atoms with Gasteiger partial charge in [0.05, 0.1) is 17.7 Å². The van der Waals surface area contributed by atoms with Crippen LogP contribution in [0.3, 0.4) is 0 Å². The SMILES string of the molecule is Cc1cc2c(cc1-c1[nH]cnc1-c1ccccc1)OCO2. The number of imidazole rings is 1. The van der Waals surface area contributed by atoms with Crippen molar-refractivity contribution in [1.82, 2.24) is 9.97 Å². The van der Waals surface area contributed by atoms with Crippen LogP contribution in [0.15, 0.2) is 48.8 Å². The molecule has 2 heterocycles. The number of H-pyrrole nitrogens is 1. The van der Waals surface area contributed by atoms with Crippen molar-refractivity contribution in [1.29, 1.82) is 0 Å². The van der Waals surface area contributed by atoms with Gasteiger partial charge in [-0.2, -0.15) is 0 Å². The van der Waals surface area contributed by atoms with E-state index in [2.05, 4.69) is 29.0 Å². The number of nitrogens with one attached hydrogen (secondary N) is 1. The normalized spacial score (nSPS) is 12.6. The van der Waals surface area contributed by atoms with Gasteiger partial charge in [0.2, 0.25) is 6.79 Å². The summed E-state index contributed by atoms with van der Waals surface area (Å²) in [7, 11) is 0. The maximum Gasteiger partial charge on any atom is 0.231 e. The molecular weight excluding hydrogens is 264 g/mol. The first-order valence-electron chi connectivity index (χ1n) is 6.82. The molecule has 1 aliphatic heterocycles. The van der Waals surface area contributed by atoms with Crippen molar-refractivity contribution in [2.45, 2.75) is 6.92 Å². The highest BCUT2D eigenvalue weighted by atomic mass is 16.7. The molecule has 104 valence electrons. The highest BCUT2D eigenvalue weighted by Gasteiger charge is 2.19. The van der Waals surface area contributed by atoms with E-state index in [-0.39, 0.29) is 6.79 Å². The van der Waals surface area contributed by atoms with Crippen LogP contribution in [0.25, 0.3) is 22.5 Å². The molecule has 4 heteroatoms. The van der Waals surface area contributed by atoms with Crippen molar-refractivity contribution in [3.05, 3.63) is 54.4 Å². The average molecular weight is 278 g/mol. The van der Waals surface area contributed by atoms with Crippen LogP contribution < -0.4 is 9.47 Å². The Balaban J connectivity index is 1.87. The smallest absolute Gasteiger partial charge is 0.231 e. The van der Waals surface area contributed by atoms with E-state index >= 15 is 0 Å². The predicted octanol–water partition coefficient (Wildman–Crippen LogP) is 3.78. The molecular formula is C17H14N2O2. The van der Waals surface area contributed by atoms with Gasteiger partial charge in [0.25, 0.3) is 0 Å². The van der Waals surface area contributed by atoms with Crippen LogP contribution in [0.5, 0.6) is 11.5 Å². The van der Waals surface area contributed by atoms with Gasteiger partial charge in [-0.05, 0) is 24.6 Å². The Morgan fingerprint density at radius 3 is 2.62 bits per heavy atom. The summed E-state index contributed by atoms with van der Waals surface area (Å²) >= 11 is 0. The van der Waals surface area contributed by atoms with Crippen molar-refractivity contribution >= 4 is 0 Å². The number of hydrogen-bond donors (Lipinski definition) is 1. The molecule has 0 atom stereocenters. The molecule has 1 aromatic heterocycles. The Hall–Kier alpha value is -2.75. The summed E-state index contributed by atoms with van der Waals surface area (Å²) in [6.07, 6.45) is 1.72. The minimum Gasteiger partial charge on any atom is -0.454 e. The van der Waals surface area contributed by atoms with Gasteiger partial charge in [0, 0.05) is 11.1 Å². The minimum absolute atomic E-state index is 0.284. The number of benzene rings is 2. The molecule has 0 fully saturated rings. The Morgan fingerprint density at radius 1 is 1.05 bits per heavy atom. The number of hydrogen-bond acceptors (Lipinski definition) is 3. The van der Waals surface area contributed by atoms with Crippen molar-refractivity contribution in [3.63, 3.8) is 0 Å². The molecule has 0 unspecified atom stereocenters. The zero-order chi connectivity index (χ0) is 14.2. The third-order valence-corrected chi connectivity index (χ3v) is 3.68. The molecule has 21 heavy (non-hydrogen) atoms. The lowest BCUT2D eigenvalue weighted by Gasteiger charge is -2.08. The summed E-state index contributed by atoms with van der Waals surface area (Å²) in [6, 6.07) is 14.2. The third-order valence-electron chi connectivity index (χ3n) is 3.68. The second kappa shape index (κ2) is 4.66. The summed E-state index contributed by atoms with van der Waals surface area (Å²) < 4.78 is 10.9. The minimum atomic E-state index is 0.284. The van der Waals surface area contributed by atoms with E-state index in [9.17, 15) is 0 Å². The van der Waals surface area contributed by atoms with Crippen LogP contribution in [-0.4, -0.2) is 16.8 Å². The Labute approximate surface area is 122 Å². The summed E-state index contributed by atoms with van der Waals surface area (Å²) in [5.74, 6) is 1.58. The van der Waals surface area contributed by atoms with Crippen LogP contribution in [0.1, 0.15) is 5.56 Å². The maximum atomic E-state index is 5.48. The topological polar surface area (TPSA) is 47.1 Å². The number of ether oxygens (including phenoxy) is 2. The van der Waals surface area contributed by atoms with Crippen LogP contribution in [0.2, 0.25) is 0 Å². The number of aromatic nitrogens is 2. The zero-order valence-electron chi connectivity index (χ0n) is 11.6. The summed E-state index contributed by atoms with van der Waals surface area (Å²) in [5.41, 5.74) is 5.23. The van der Waals surface area contributed by atoms with Gasteiger partial charge in [0.1, 0.15) is 0 Å². The van der Waals surface area contributed by atoms with Crippen LogP contribution in [0, 0.1) is 6.92 Å². The average Bonchev–Trinajstić information content (AvgIpc) is 3.15. The molecule has 0 saturated heterocycles. The van der Waals surface area contributed by atoms with E-state index in [1.54, 1.807) is 6.33 Å². The number of rotatable bonds is 2. The molecule has 4 rings (SSSR count). The lowest BCUT2D eigenvalue weighted by atomic mass is 10.0. The molecule has 1 aliphatic rings. The van der Waals surface area contributed by atoms with Gasteiger partial charge in [-0.15, -0.1) is 0 Å².